The fraction of sp³-hybridized carbons (Fsp3) is 0.125. The van der Waals surface area contributed by atoms with Crippen LogP contribution in [0, 0.1) is 13.8 Å². The number of hydrogen-bond acceptors (Lipinski definition) is 4. The van der Waals surface area contributed by atoms with E-state index in [1.54, 1.807) is 18.2 Å². The van der Waals surface area contributed by atoms with Crippen molar-refractivity contribution in [2.75, 3.05) is 5.32 Å². The number of nitrogens with one attached hydrogen (secondary N) is 1. The summed E-state index contributed by atoms with van der Waals surface area (Å²) >= 11 is 0. The monoisotopic (exact) mass is 293 g/mol. The molecule has 3 aromatic rings. The molecule has 0 bridgehead atoms. The van der Waals surface area contributed by atoms with E-state index in [0.717, 1.165) is 22.5 Å². The maximum absolute atomic E-state index is 12.4. The van der Waals surface area contributed by atoms with Gasteiger partial charge in [0.15, 0.2) is 0 Å². The molecule has 1 aromatic heterocycles. The third kappa shape index (κ3) is 2.71. The maximum atomic E-state index is 12.4. The van der Waals surface area contributed by atoms with Crippen molar-refractivity contribution in [1.82, 2.24) is 20.2 Å². The van der Waals surface area contributed by atoms with Crippen molar-refractivity contribution in [2.24, 2.45) is 0 Å². The SMILES string of the molecule is Cc1cccc(NC(=O)c2cccc(-n3cnnn3)c2)c1C. The van der Waals surface area contributed by atoms with Crippen molar-refractivity contribution in [2.45, 2.75) is 13.8 Å². The number of tetrazole rings is 1. The van der Waals surface area contributed by atoms with E-state index in [-0.39, 0.29) is 5.91 Å². The summed E-state index contributed by atoms with van der Waals surface area (Å²) in [6.07, 6.45) is 1.49. The van der Waals surface area contributed by atoms with E-state index < -0.39 is 0 Å². The highest BCUT2D eigenvalue weighted by Gasteiger charge is 2.10. The number of carbonyl (C=O) groups excluding carboxylic acids is 1. The predicted octanol–water partition coefficient (Wildman–Crippen LogP) is 2.53. The number of hydrogen-bond donors (Lipinski definition) is 1. The van der Waals surface area contributed by atoms with Gasteiger partial charge in [-0.15, -0.1) is 5.10 Å². The van der Waals surface area contributed by atoms with E-state index in [4.69, 9.17) is 0 Å². The van der Waals surface area contributed by atoms with E-state index >= 15 is 0 Å². The van der Waals surface area contributed by atoms with Crippen molar-refractivity contribution >= 4 is 11.6 Å². The normalized spacial score (nSPS) is 10.5. The Morgan fingerprint density at radius 2 is 1.95 bits per heavy atom. The first kappa shape index (κ1) is 13.9. The summed E-state index contributed by atoms with van der Waals surface area (Å²) in [6.45, 7) is 4.01. The zero-order valence-corrected chi connectivity index (χ0v) is 12.3. The lowest BCUT2D eigenvalue weighted by Gasteiger charge is -2.11. The Morgan fingerprint density at radius 3 is 2.73 bits per heavy atom. The predicted molar refractivity (Wildman–Crippen MR) is 83.0 cm³/mol. The molecular formula is C16H15N5O. The lowest BCUT2D eigenvalue weighted by atomic mass is 10.1. The van der Waals surface area contributed by atoms with Crippen molar-refractivity contribution in [1.29, 1.82) is 0 Å². The lowest BCUT2D eigenvalue weighted by Crippen LogP contribution is -2.13. The zero-order valence-electron chi connectivity index (χ0n) is 12.3. The Balaban J connectivity index is 1.87. The van der Waals surface area contributed by atoms with E-state index in [1.807, 2.05) is 38.1 Å². The van der Waals surface area contributed by atoms with Gasteiger partial charge in [0, 0.05) is 11.3 Å². The van der Waals surface area contributed by atoms with Crippen LogP contribution < -0.4 is 5.32 Å². The van der Waals surface area contributed by atoms with Gasteiger partial charge in [0.2, 0.25) is 0 Å². The van der Waals surface area contributed by atoms with Crippen molar-refractivity contribution in [3.63, 3.8) is 0 Å². The molecule has 0 aliphatic carbocycles. The van der Waals surface area contributed by atoms with Crippen LogP contribution in [-0.4, -0.2) is 26.1 Å². The zero-order chi connectivity index (χ0) is 15.5. The Morgan fingerprint density at radius 1 is 1.14 bits per heavy atom. The molecule has 3 rings (SSSR count). The van der Waals surface area contributed by atoms with Crippen LogP contribution >= 0.6 is 0 Å². The van der Waals surface area contributed by atoms with Gasteiger partial charge in [-0.3, -0.25) is 4.79 Å². The van der Waals surface area contributed by atoms with Crippen LogP contribution in [0.3, 0.4) is 0 Å². The summed E-state index contributed by atoms with van der Waals surface area (Å²) < 4.78 is 1.51. The Bertz CT molecular complexity index is 811. The molecule has 0 saturated heterocycles. The summed E-state index contributed by atoms with van der Waals surface area (Å²) in [4.78, 5) is 12.4. The molecular weight excluding hydrogens is 278 g/mol. The topological polar surface area (TPSA) is 72.7 Å². The highest BCUT2D eigenvalue weighted by molar-refractivity contribution is 6.05. The van der Waals surface area contributed by atoms with E-state index in [1.165, 1.54) is 11.0 Å². The van der Waals surface area contributed by atoms with Gasteiger partial charge in [0.1, 0.15) is 6.33 Å². The molecule has 0 radical (unpaired) electrons. The standard InChI is InChI=1S/C16H15N5O/c1-11-5-3-8-15(12(11)2)18-16(22)13-6-4-7-14(9-13)21-10-17-19-20-21/h3-10H,1-2H3,(H,18,22). The van der Waals surface area contributed by atoms with Gasteiger partial charge >= 0.3 is 0 Å². The van der Waals surface area contributed by atoms with Crippen molar-refractivity contribution < 1.29 is 4.79 Å². The molecule has 0 aliphatic heterocycles. The summed E-state index contributed by atoms with van der Waals surface area (Å²) in [5, 5.41) is 13.9. The number of nitrogens with zero attached hydrogens (tertiary/aromatic N) is 4. The van der Waals surface area contributed by atoms with E-state index in [9.17, 15) is 4.79 Å². The molecule has 0 aliphatic rings. The minimum Gasteiger partial charge on any atom is -0.322 e. The van der Waals surface area contributed by atoms with Gasteiger partial charge in [0.05, 0.1) is 5.69 Å². The third-order valence-electron chi connectivity index (χ3n) is 3.57. The fourth-order valence-electron chi connectivity index (χ4n) is 2.15. The second-order valence-corrected chi connectivity index (χ2v) is 5.01. The third-order valence-corrected chi connectivity index (χ3v) is 3.57. The molecule has 110 valence electrons. The molecule has 0 spiro atoms. The first-order valence-corrected chi connectivity index (χ1v) is 6.86. The Labute approximate surface area is 127 Å². The van der Waals surface area contributed by atoms with Gasteiger partial charge in [-0.2, -0.15) is 0 Å². The molecule has 22 heavy (non-hydrogen) atoms. The molecule has 0 saturated carbocycles. The van der Waals surface area contributed by atoms with Crippen LogP contribution in [0.1, 0.15) is 21.5 Å². The molecule has 6 nitrogen and oxygen atoms in total. The van der Waals surface area contributed by atoms with Gasteiger partial charge < -0.3 is 5.32 Å². The quantitative estimate of drug-likeness (QED) is 0.805. The van der Waals surface area contributed by atoms with Crippen LogP contribution in [0.2, 0.25) is 0 Å². The van der Waals surface area contributed by atoms with Gasteiger partial charge in [-0.1, -0.05) is 18.2 Å². The smallest absolute Gasteiger partial charge is 0.255 e. The first-order valence-electron chi connectivity index (χ1n) is 6.86. The Kier molecular flexibility index (Phi) is 3.65. The second kappa shape index (κ2) is 5.77. The van der Waals surface area contributed by atoms with Crippen LogP contribution in [0.4, 0.5) is 5.69 Å². The number of aryl methyl sites for hydroxylation is 1. The lowest BCUT2D eigenvalue weighted by molar-refractivity contribution is 0.102. The molecule has 0 fully saturated rings. The van der Waals surface area contributed by atoms with Crippen LogP contribution in [0.5, 0.6) is 0 Å². The van der Waals surface area contributed by atoms with E-state index in [2.05, 4.69) is 20.8 Å². The molecule has 1 heterocycles. The number of carbonyl (C=O) groups is 1. The van der Waals surface area contributed by atoms with Crippen LogP contribution in [-0.2, 0) is 0 Å². The van der Waals surface area contributed by atoms with Crippen molar-refractivity contribution in [3.05, 3.63) is 65.5 Å². The van der Waals surface area contributed by atoms with Gasteiger partial charge in [-0.25, -0.2) is 4.68 Å². The molecule has 1 N–H and O–H groups in total. The number of amides is 1. The first-order chi connectivity index (χ1) is 10.6. The summed E-state index contributed by atoms with van der Waals surface area (Å²) in [5.41, 5.74) is 4.30. The maximum Gasteiger partial charge on any atom is 0.255 e. The van der Waals surface area contributed by atoms with Gasteiger partial charge in [-0.05, 0) is 59.7 Å². The number of aromatic nitrogens is 4. The fourth-order valence-corrected chi connectivity index (χ4v) is 2.15. The largest absolute Gasteiger partial charge is 0.322 e. The summed E-state index contributed by atoms with van der Waals surface area (Å²) in [6, 6.07) is 13.0. The average molecular weight is 293 g/mol. The number of anilines is 1. The average Bonchev–Trinajstić information content (AvgIpc) is 3.06. The van der Waals surface area contributed by atoms with Gasteiger partial charge in [0.25, 0.3) is 5.91 Å². The molecule has 0 unspecified atom stereocenters. The number of benzene rings is 2. The van der Waals surface area contributed by atoms with Crippen LogP contribution in [0.25, 0.3) is 5.69 Å². The molecule has 0 atom stereocenters. The van der Waals surface area contributed by atoms with E-state index in [0.29, 0.717) is 5.56 Å². The molecule has 6 heteroatoms. The molecule has 1 amide bonds. The number of rotatable bonds is 3. The molecule has 2 aromatic carbocycles. The van der Waals surface area contributed by atoms with Crippen LogP contribution in [0.15, 0.2) is 48.8 Å². The minimum atomic E-state index is -0.163. The minimum absolute atomic E-state index is 0.163. The van der Waals surface area contributed by atoms with Crippen molar-refractivity contribution in [3.8, 4) is 5.69 Å². The highest BCUT2D eigenvalue weighted by atomic mass is 16.1. The highest BCUT2D eigenvalue weighted by Crippen LogP contribution is 2.19. The summed E-state index contributed by atoms with van der Waals surface area (Å²) in [5.74, 6) is -0.163. The summed E-state index contributed by atoms with van der Waals surface area (Å²) in [7, 11) is 0. The second-order valence-electron chi connectivity index (χ2n) is 5.01. The Hall–Kier alpha value is -3.02.